The van der Waals surface area contributed by atoms with Gasteiger partial charge in [0.25, 0.3) is 5.69 Å². The van der Waals surface area contributed by atoms with E-state index in [0.717, 1.165) is 0 Å². The fourth-order valence-electron chi connectivity index (χ4n) is 1.26. The molecule has 1 atom stereocenters. The van der Waals surface area contributed by atoms with Gasteiger partial charge >= 0.3 is 5.69 Å². The molecule has 1 unspecified atom stereocenters. The van der Waals surface area contributed by atoms with Crippen LogP contribution in [0.25, 0.3) is 0 Å². The van der Waals surface area contributed by atoms with Crippen molar-refractivity contribution in [3.63, 3.8) is 0 Å². The lowest BCUT2D eigenvalue weighted by molar-refractivity contribution is -0.395. The molecule has 19 heavy (non-hydrogen) atoms. The molecule has 0 aliphatic carbocycles. The highest BCUT2D eigenvalue weighted by Crippen LogP contribution is 2.32. The molecule has 1 amide bonds. The van der Waals surface area contributed by atoms with Gasteiger partial charge in [0.15, 0.2) is 0 Å². The SMILES string of the molecule is CC(Nc1cc(F)c([N+](=O)[O-])cc1[N+](=O)[O-])C(N)=O. The van der Waals surface area contributed by atoms with E-state index in [9.17, 15) is 29.4 Å². The number of carbonyl (C=O) groups is 1. The molecule has 0 saturated carbocycles. The van der Waals surface area contributed by atoms with Gasteiger partial charge in [0.05, 0.1) is 15.9 Å². The molecule has 0 aliphatic rings. The molecule has 0 spiro atoms. The van der Waals surface area contributed by atoms with Crippen molar-refractivity contribution in [3.8, 4) is 0 Å². The quantitative estimate of drug-likeness (QED) is 0.603. The van der Waals surface area contributed by atoms with E-state index in [-0.39, 0.29) is 5.69 Å². The summed E-state index contributed by atoms with van der Waals surface area (Å²) in [6.45, 7) is 1.31. The van der Waals surface area contributed by atoms with Crippen molar-refractivity contribution in [2.45, 2.75) is 13.0 Å². The zero-order chi connectivity index (χ0) is 14.7. The van der Waals surface area contributed by atoms with Gasteiger partial charge in [-0.3, -0.25) is 25.0 Å². The van der Waals surface area contributed by atoms with Gasteiger partial charge in [-0.1, -0.05) is 0 Å². The van der Waals surface area contributed by atoms with Crippen LogP contribution < -0.4 is 11.1 Å². The van der Waals surface area contributed by atoms with E-state index >= 15 is 0 Å². The molecule has 10 heteroatoms. The molecule has 0 heterocycles. The number of amides is 1. The summed E-state index contributed by atoms with van der Waals surface area (Å²) in [6, 6.07) is 0.0562. The Kier molecular flexibility index (Phi) is 3.94. The number of nitrogens with two attached hydrogens (primary N) is 1. The highest BCUT2D eigenvalue weighted by Gasteiger charge is 2.26. The van der Waals surface area contributed by atoms with E-state index in [1.54, 1.807) is 0 Å². The summed E-state index contributed by atoms with van der Waals surface area (Å²) in [4.78, 5) is 30.1. The molecule has 0 bridgehead atoms. The van der Waals surface area contributed by atoms with Crippen molar-refractivity contribution in [3.05, 3.63) is 38.2 Å². The molecule has 0 aliphatic heterocycles. The molecule has 102 valence electrons. The average Bonchev–Trinajstić information content (AvgIpc) is 2.27. The smallest absolute Gasteiger partial charge is 0.311 e. The number of nitro benzene ring substituents is 2. The topological polar surface area (TPSA) is 141 Å². The van der Waals surface area contributed by atoms with Gasteiger partial charge in [-0.15, -0.1) is 0 Å². The Morgan fingerprint density at radius 3 is 2.26 bits per heavy atom. The van der Waals surface area contributed by atoms with Crippen molar-refractivity contribution >= 4 is 23.0 Å². The summed E-state index contributed by atoms with van der Waals surface area (Å²) in [7, 11) is 0. The maximum atomic E-state index is 13.4. The first-order chi connectivity index (χ1) is 8.73. The van der Waals surface area contributed by atoms with E-state index < -0.39 is 39.0 Å². The molecule has 3 N–H and O–H groups in total. The minimum atomic E-state index is -1.25. The first-order valence-corrected chi connectivity index (χ1v) is 4.92. The Morgan fingerprint density at radius 2 is 1.84 bits per heavy atom. The molecule has 0 aromatic heterocycles. The summed E-state index contributed by atoms with van der Waals surface area (Å²) >= 11 is 0. The van der Waals surface area contributed by atoms with Crippen molar-refractivity contribution in [1.29, 1.82) is 0 Å². The Balaban J connectivity index is 3.31. The lowest BCUT2D eigenvalue weighted by Gasteiger charge is -2.11. The van der Waals surface area contributed by atoms with Crippen LogP contribution in [0.4, 0.5) is 21.5 Å². The molecular weight excluding hydrogens is 263 g/mol. The minimum Gasteiger partial charge on any atom is -0.368 e. The van der Waals surface area contributed by atoms with E-state index in [1.807, 2.05) is 0 Å². The number of carbonyl (C=O) groups excluding carboxylic acids is 1. The fraction of sp³-hybridized carbons (Fsp3) is 0.222. The number of hydrogen-bond donors (Lipinski definition) is 2. The number of halogens is 1. The first kappa shape index (κ1) is 14.3. The van der Waals surface area contributed by atoms with Crippen LogP contribution in [-0.2, 0) is 4.79 Å². The number of benzene rings is 1. The highest BCUT2D eigenvalue weighted by molar-refractivity contribution is 5.83. The van der Waals surface area contributed by atoms with E-state index in [0.29, 0.717) is 12.1 Å². The van der Waals surface area contributed by atoms with Crippen molar-refractivity contribution < 1.29 is 19.0 Å². The Hall–Kier alpha value is -2.78. The lowest BCUT2D eigenvalue weighted by atomic mass is 10.2. The third kappa shape index (κ3) is 3.12. The third-order valence-electron chi connectivity index (χ3n) is 2.26. The molecule has 1 aromatic rings. The van der Waals surface area contributed by atoms with Crippen LogP contribution in [0.5, 0.6) is 0 Å². The number of nitrogens with zero attached hydrogens (tertiary/aromatic N) is 2. The Bertz CT molecular complexity index is 562. The van der Waals surface area contributed by atoms with Gasteiger partial charge in [0, 0.05) is 6.07 Å². The predicted molar refractivity (Wildman–Crippen MR) is 62.0 cm³/mol. The summed E-state index contributed by atoms with van der Waals surface area (Å²) < 4.78 is 13.4. The van der Waals surface area contributed by atoms with Gasteiger partial charge in [0.1, 0.15) is 11.7 Å². The van der Waals surface area contributed by atoms with Crippen LogP contribution in [0.3, 0.4) is 0 Å². The largest absolute Gasteiger partial charge is 0.368 e. The standard InChI is InChI=1S/C9H9FN4O5/c1-4(9(11)15)12-6-2-5(10)7(13(16)17)3-8(6)14(18)19/h2-4,12H,1H3,(H2,11,15). The second-order valence-corrected chi connectivity index (χ2v) is 3.60. The number of hydrogen-bond acceptors (Lipinski definition) is 6. The highest BCUT2D eigenvalue weighted by atomic mass is 19.1. The fourth-order valence-corrected chi connectivity index (χ4v) is 1.26. The van der Waals surface area contributed by atoms with Gasteiger partial charge < -0.3 is 11.1 Å². The molecule has 9 nitrogen and oxygen atoms in total. The molecule has 0 radical (unpaired) electrons. The molecule has 1 aromatic carbocycles. The third-order valence-corrected chi connectivity index (χ3v) is 2.26. The second kappa shape index (κ2) is 5.25. The Morgan fingerprint density at radius 1 is 1.32 bits per heavy atom. The zero-order valence-electron chi connectivity index (χ0n) is 9.62. The molecule has 0 saturated heterocycles. The summed E-state index contributed by atoms with van der Waals surface area (Å²) in [5, 5.41) is 23.6. The first-order valence-electron chi connectivity index (χ1n) is 4.92. The van der Waals surface area contributed by atoms with Crippen LogP contribution in [-0.4, -0.2) is 21.8 Å². The number of nitro groups is 2. The van der Waals surface area contributed by atoms with Crippen molar-refractivity contribution in [2.75, 3.05) is 5.32 Å². The van der Waals surface area contributed by atoms with Crippen LogP contribution >= 0.6 is 0 Å². The van der Waals surface area contributed by atoms with E-state index in [2.05, 4.69) is 5.32 Å². The van der Waals surface area contributed by atoms with Crippen LogP contribution in [0.2, 0.25) is 0 Å². The molecule has 1 rings (SSSR count). The van der Waals surface area contributed by atoms with E-state index in [4.69, 9.17) is 5.73 Å². The summed E-state index contributed by atoms with van der Waals surface area (Å²) in [5.74, 6) is -2.07. The van der Waals surface area contributed by atoms with Crippen molar-refractivity contribution in [1.82, 2.24) is 0 Å². The van der Waals surface area contributed by atoms with Gasteiger partial charge in [-0.2, -0.15) is 4.39 Å². The van der Waals surface area contributed by atoms with Gasteiger partial charge in [-0.05, 0) is 6.92 Å². The maximum absolute atomic E-state index is 13.4. The maximum Gasteiger partial charge on any atom is 0.311 e. The van der Waals surface area contributed by atoms with Crippen LogP contribution in [0.1, 0.15) is 6.92 Å². The minimum absolute atomic E-state index is 0.362. The molecular formula is C9H9FN4O5. The molecule has 0 fully saturated rings. The van der Waals surface area contributed by atoms with Gasteiger partial charge in [0.2, 0.25) is 11.7 Å². The number of nitrogens with one attached hydrogen (secondary N) is 1. The number of rotatable bonds is 5. The number of anilines is 1. The predicted octanol–water partition coefficient (Wildman–Crippen LogP) is 0.928. The summed E-state index contributed by atoms with van der Waals surface area (Å²) in [6.07, 6.45) is 0. The zero-order valence-corrected chi connectivity index (χ0v) is 9.62. The van der Waals surface area contributed by atoms with E-state index in [1.165, 1.54) is 6.92 Å². The lowest BCUT2D eigenvalue weighted by Crippen LogP contribution is -2.32. The Labute approximate surface area is 105 Å². The number of primary amides is 1. The second-order valence-electron chi connectivity index (χ2n) is 3.60. The monoisotopic (exact) mass is 272 g/mol. The normalized spacial score (nSPS) is 11.7. The van der Waals surface area contributed by atoms with Crippen LogP contribution in [0.15, 0.2) is 12.1 Å². The van der Waals surface area contributed by atoms with Crippen molar-refractivity contribution in [2.24, 2.45) is 5.73 Å². The van der Waals surface area contributed by atoms with Gasteiger partial charge in [-0.25, -0.2) is 0 Å². The average molecular weight is 272 g/mol. The van der Waals surface area contributed by atoms with Crippen LogP contribution in [0, 0.1) is 26.0 Å². The summed E-state index contributed by atoms with van der Waals surface area (Å²) in [5.41, 5.74) is 2.85.